The maximum absolute atomic E-state index is 12.4. The van der Waals surface area contributed by atoms with Gasteiger partial charge in [-0.3, -0.25) is 0 Å². The van der Waals surface area contributed by atoms with Gasteiger partial charge in [0.1, 0.15) is 0 Å². The summed E-state index contributed by atoms with van der Waals surface area (Å²) in [6, 6.07) is 2.38. The summed E-state index contributed by atoms with van der Waals surface area (Å²) < 4.78 is 73.5. The molecule has 0 radical (unpaired) electrons. The van der Waals surface area contributed by atoms with Crippen molar-refractivity contribution in [3.05, 3.63) is 29.3 Å². The maximum atomic E-state index is 12.4. The maximum Gasteiger partial charge on any atom is 0.444 e. The van der Waals surface area contributed by atoms with Crippen molar-refractivity contribution in [1.29, 1.82) is 0 Å². The smallest absolute Gasteiger partial charge is 0.232 e. The number of rotatable bonds is 1. The zero-order chi connectivity index (χ0) is 14.1. The number of alkyl halides is 6. The lowest BCUT2D eigenvalue weighted by atomic mass is 10.1. The number of hydrogen-bond donors (Lipinski definition) is 0. The molecule has 0 aliphatic rings. The Bertz CT molecular complexity index is 474. The molecule has 0 saturated carbocycles. The third-order valence-electron chi connectivity index (χ3n) is 1.85. The molecule has 0 heterocycles. The minimum absolute atomic E-state index is 0.134. The van der Waals surface area contributed by atoms with Crippen LogP contribution in [0.25, 0.3) is 0 Å². The van der Waals surface area contributed by atoms with E-state index in [1.807, 2.05) is 0 Å². The standard InChI is InChI=1S/C10H6ClF6N/c1-5-2-6(9(12,13)14)4-7(3-5)18-8(11)10(15,16)17/h2-4H,1H3. The number of benzene rings is 1. The summed E-state index contributed by atoms with van der Waals surface area (Å²) in [5.41, 5.74) is -1.44. The Morgan fingerprint density at radius 2 is 1.61 bits per heavy atom. The summed E-state index contributed by atoms with van der Waals surface area (Å²) in [5.74, 6) is 0. The molecule has 0 saturated heterocycles. The van der Waals surface area contributed by atoms with Crippen molar-refractivity contribution in [3.8, 4) is 0 Å². The molecular weight excluding hydrogens is 284 g/mol. The molecule has 0 unspecified atom stereocenters. The molecule has 0 amide bonds. The Morgan fingerprint density at radius 1 is 1.06 bits per heavy atom. The summed E-state index contributed by atoms with van der Waals surface area (Å²) >= 11 is 4.85. The first-order chi connectivity index (χ1) is 8.00. The van der Waals surface area contributed by atoms with Crippen molar-refractivity contribution in [2.24, 2.45) is 4.99 Å². The van der Waals surface area contributed by atoms with Crippen molar-refractivity contribution in [1.82, 2.24) is 0 Å². The molecule has 1 nitrogen and oxygen atoms in total. The van der Waals surface area contributed by atoms with Crippen LogP contribution >= 0.6 is 11.6 Å². The van der Waals surface area contributed by atoms with E-state index < -0.39 is 28.8 Å². The molecule has 0 spiro atoms. The molecule has 0 aliphatic carbocycles. The van der Waals surface area contributed by atoms with Crippen LogP contribution in [0.2, 0.25) is 0 Å². The van der Waals surface area contributed by atoms with Crippen LogP contribution < -0.4 is 0 Å². The quantitative estimate of drug-likeness (QED) is 0.518. The second kappa shape index (κ2) is 4.79. The molecule has 1 rings (SSSR count). The Morgan fingerprint density at radius 3 is 2.06 bits per heavy atom. The minimum atomic E-state index is -4.89. The van der Waals surface area contributed by atoms with Gasteiger partial charge in [-0.2, -0.15) is 26.3 Å². The Kier molecular flexibility index (Phi) is 3.95. The van der Waals surface area contributed by atoms with Gasteiger partial charge < -0.3 is 0 Å². The number of hydrogen-bond acceptors (Lipinski definition) is 1. The van der Waals surface area contributed by atoms with Crippen LogP contribution in [0.4, 0.5) is 32.0 Å². The van der Waals surface area contributed by atoms with Gasteiger partial charge in [0.15, 0.2) is 0 Å². The first-order valence-corrected chi connectivity index (χ1v) is 4.88. The van der Waals surface area contributed by atoms with Crippen LogP contribution in [-0.2, 0) is 6.18 Å². The van der Waals surface area contributed by atoms with Crippen LogP contribution in [0.1, 0.15) is 11.1 Å². The van der Waals surface area contributed by atoms with Gasteiger partial charge in [0.25, 0.3) is 0 Å². The summed E-state index contributed by atoms with van der Waals surface area (Å²) in [4.78, 5) is 2.92. The van der Waals surface area contributed by atoms with E-state index in [2.05, 4.69) is 4.99 Å². The van der Waals surface area contributed by atoms with Gasteiger partial charge in [-0.1, -0.05) is 11.6 Å². The molecule has 8 heteroatoms. The molecule has 100 valence electrons. The third-order valence-corrected chi connectivity index (χ3v) is 2.15. The number of aliphatic imine (C=N–C) groups is 1. The largest absolute Gasteiger partial charge is 0.444 e. The van der Waals surface area contributed by atoms with Crippen molar-refractivity contribution in [3.63, 3.8) is 0 Å². The molecule has 0 aliphatic heterocycles. The average Bonchev–Trinajstić information content (AvgIpc) is 2.13. The van der Waals surface area contributed by atoms with Crippen LogP contribution in [0.5, 0.6) is 0 Å². The minimum Gasteiger partial charge on any atom is -0.232 e. The number of aryl methyl sites for hydroxylation is 1. The molecule has 0 fully saturated rings. The zero-order valence-corrected chi connectivity index (χ0v) is 9.58. The highest BCUT2D eigenvalue weighted by molar-refractivity contribution is 6.67. The van der Waals surface area contributed by atoms with Crippen molar-refractivity contribution in [2.45, 2.75) is 19.3 Å². The highest BCUT2D eigenvalue weighted by atomic mass is 35.5. The molecule has 1 aromatic rings. The SMILES string of the molecule is Cc1cc(N=C(Cl)C(F)(F)F)cc(C(F)(F)F)c1. The molecule has 0 bridgehead atoms. The first kappa shape index (κ1) is 14.8. The van der Waals surface area contributed by atoms with E-state index >= 15 is 0 Å². The number of nitrogens with zero attached hydrogens (tertiary/aromatic N) is 1. The molecular formula is C10H6ClF6N. The first-order valence-electron chi connectivity index (χ1n) is 4.50. The van der Waals surface area contributed by atoms with Gasteiger partial charge in [0.05, 0.1) is 11.3 Å². The second-order valence-electron chi connectivity index (χ2n) is 3.46. The second-order valence-corrected chi connectivity index (χ2v) is 3.81. The summed E-state index contributed by atoms with van der Waals surface area (Å²) in [7, 11) is 0. The predicted octanol–water partition coefficient (Wildman–Crippen LogP) is 4.84. The molecule has 18 heavy (non-hydrogen) atoms. The molecule has 0 aromatic heterocycles. The van der Waals surface area contributed by atoms with E-state index in [1.54, 1.807) is 0 Å². The normalized spacial score (nSPS) is 13.9. The zero-order valence-electron chi connectivity index (χ0n) is 8.83. The van der Waals surface area contributed by atoms with Gasteiger partial charge in [-0.15, -0.1) is 0 Å². The number of halogens is 7. The molecule has 0 N–H and O–H groups in total. The van der Waals surface area contributed by atoms with Gasteiger partial charge in [-0.05, 0) is 30.7 Å². The lowest BCUT2D eigenvalue weighted by Crippen LogP contribution is -2.16. The van der Waals surface area contributed by atoms with E-state index in [0.717, 1.165) is 12.1 Å². The monoisotopic (exact) mass is 289 g/mol. The van der Waals surface area contributed by atoms with Crippen LogP contribution in [0.15, 0.2) is 23.2 Å². The van der Waals surface area contributed by atoms with Crippen LogP contribution in [0, 0.1) is 6.92 Å². The fourth-order valence-corrected chi connectivity index (χ4v) is 1.27. The van der Waals surface area contributed by atoms with E-state index in [1.165, 1.54) is 6.92 Å². The predicted molar refractivity (Wildman–Crippen MR) is 55.2 cm³/mol. The highest BCUT2D eigenvalue weighted by Gasteiger charge is 2.35. The summed E-state index contributed by atoms with van der Waals surface area (Å²) in [6.45, 7) is 1.32. The fourth-order valence-electron chi connectivity index (χ4n) is 1.17. The van der Waals surface area contributed by atoms with Crippen molar-refractivity contribution >= 4 is 22.5 Å². The van der Waals surface area contributed by atoms with Gasteiger partial charge in [0, 0.05) is 0 Å². The lowest BCUT2D eigenvalue weighted by Gasteiger charge is -2.09. The Hall–Kier alpha value is -1.24. The van der Waals surface area contributed by atoms with Crippen LogP contribution in [0.3, 0.4) is 0 Å². The average molecular weight is 290 g/mol. The fraction of sp³-hybridized carbons (Fsp3) is 0.300. The topological polar surface area (TPSA) is 12.4 Å². The van der Waals surface area contributed by atoms with Gasteiger partial charge >= 0.3 is 12.4 Å². The van der Waals surface area contributed by atoms with Crippen LogP contribution in [-0.4, -0.2) is 11.3 Å². The Balaban J connectivity index is 3.24. The van der Waals surface area contributed by atoms with E-state index in [-0.39, 0.29) is 5.56 Å². The molecule has 0 atom stereocenters. The van der Waals surface area contributed by atoms with Gasteiger partial charge in [-0.25, -0.2) is 4.99 Å². The Labute approximate surface area is 103 Å². The highest BCUT2D eigenvalue weighted by Crippen LogP contribution is 2.33. The lowest BCUT2D eigenvalue weighted by molar-refractivity contribution is -0.137. The van der Waals surface area contributed by atoms with Gasteiger partial charge in [0.2, 0.25) is 5.17 Å². The van der Waals surface area contributed by atoms with Crippen molar-refractivity contribution in [2.75, 3.05) is 0 Å². The summed E-state index contributed by atoms with van der Waals surface area (Å²) in [6.07, 6.45) is -9.54. The summed E-state index contributed by atoms with van der Waals surface area (Å²) in [5, 5.41) is -1.72. The van der Waals surface area contributed by atoms with E-state index in [9.17, 15) is 26.3 Å². The van der Waals surface area contributed by atoms with Crippen molar-refractivity contribution < 1.29 is 26.3 Å². The van der Waals surface area contributed by atoms with E-state index in [0.29, 0.717) is 6.07 Å². The van der Waals surface area contributed by atoms with E-state index in [4.69, 9.17) is 11.6 Å². The third kappa shape index (κ3) is 3.90. The molecule has 1 aromatic carbocycles.